The van der Waals surface area contributed by atoms with E-state index in [2.05, 4.69) is 5.10 Å². The van der Waals surface area contributed by atoms with Crippen LogP contribution in [0.15, 0.2) is 18.2 Å². The number of nitrogens with zero attached hydrogens (tertiary/aromatic N) is 2. The summed E-state index contributed by atoms with van der Waals surface area (Å²) in [5, 5.41) is 5.14. The molecular weight excluding hydrogens is 297 g/mol. The highest BCUT2D eigenvalue weighted by molar-refractivity contribution is 6.42. The average Bonchev–Trinajstić information content (AvgIpc) is 2.69. The van der Waals surface area contributed by atoms with Crippen LogP contribution in [0.1, 0.15) is 30.3 Å². The fraction of sp³-hybridized carbons (Fsp3) is 0.286. The van der Waals surface area contributed by atoms with Crippen LogP contribution < -0.4 is 5.73 Å². The number of anilines is 1. The maximum Gasteiger partial charge on any atom is 0.248 e. The van der Waals surface area contributed by atoms with Crippen LogP contribution in [-0.4, -0.2) is 15.7 Å². The van der Waals surface area contributed by atoms with Gasteiger partial charge in [-0.2, -0.15) is 9.78 Å². The molecule has 20 heavy (non-hydrogen) atoms. The van der Waals surface area contributed by atoms with Crippen LogP contribution >= 0.6 is 23.2 Å². The Morgan fingerprint density at radius 2 is 2.05 bits per heavy atom. The molecule has 6 heteroatoms. The molecule has 0 bridgehead atoms. The van der Waals surface area contributed by atoms with Gasteiger partial charge in [-0.3, -0.25) is 4.79 Å². The van der Waals surface area contributed by atoms with Crippen molar-refractivity contribution in [3.63, 3.8) is 0 Å². The number of aromatic nitrogens is 2. The molecule has 1 heterocycles. The molecule has 1 aromatic heterocycles. The van der Waals surface area contributed by atoms with Gasteiger partial charge in [0.25, 0.3) is 0 Å². The number of hydrogen-bond donors (Lipinski definition) is 1. The third-order valence-corrected chi connectivity index (χ3v) is 3.74. The molecule has 0 atom stereocenters. The number of carbonyl (C=O) groups is 1. The molecule has 0 radical (unpaired) electrons. The predicted octanol–water partition coefficient (Wildman–Crippen LogP) is 4.19. The number of carbonyl (C=O) groups excluding carboxylic acids is 1. The van der Waals surface area contributed by atoms with E-state index in [0.29, 0.717) is 33.5 Å². The summed E-state index contributed by atoms with van der Waals surface area (Å²) >= 11 is 11.9. The van der Waals surface area contributed by atoms with Gasteiger partial charge in [0, 0.05) is 12.0 Å². The van der Waals surface area contributed by atoms with E-state index in [9.17, 15) is 4.79 Å². The van der Waals surface area contributed by atoms with Crippen LogP contribution in [0.2, 0.25) is 10.0 Å². The van der Waals surface area contributed by atoms with E-state index in [0.717, 1.165) is 12.0 Å². The van der Waals surface area contributed by atoms with E-state index in [-0.39, 0.29) is 5.91 Å². The van der Waals surface area contributed by atoms with Gasteiger partial charge in [0.15, 0.2) is 0 Å². The normalized spacial score (nSPS) is 10.8. The van der Waals surface area contributed by atoms with Crippen LogP contribution in [-0.2, 0) is 0 Å². The average molecular weight is 312 g/mol. The molecule has 1 aromatic carbocycles. The minimum absolute atomic E-state index is 0.112. The first-order valence-corrected chi connectivity index (χ1v) is 7.05. The van der Waals surface area contributed by atoms with Crippen LogP contribution in [0.4, 0.5) is 5.82 Å². The van der Waals surface area contributed by atoms with Gasteiger partial charge in [0.1, 0.15) is 5.82 Å². The maximum absolute atomic E-state index is 12.0. The summed E-state index contributed by atoms with van der Waals surface area (Å²) in [6, 6.07) is 5.23. The molecule has 2 rings (SSSR count). The highest BCUT2D eigenvalue weighted by Crippen LogP contribution is 2.33. The Balaban J connectivity index is 2.52. The maximum atomic E-state index is 12.0. The number of nitrogen functional groups attached to an aromatic ring is 1. The first-order chi connectivity index (χ1) is 9.45. The van der Waals surface area contributed by atoms with Gasteiger partial charge in [0.05, 0.1) is 15.7 Å². The molecule has 0 fully saturated rings. The number of halogens is 2. The minimum atomic E-state index is -0.112. The molecule has 106 valence electrons. The summed E-state index contributed by atoms with van der Waals surface area (Å²) in [4.78, 5) is 12.0. The van der Waals surface area contributed by atoms with E-state index in [1.807, 2.05) is 19.9 Å². The minimum Gasteiger partial charge on any atom is -0.383 e. The number of hydrogen-bond acceptors (Lipinski definition) is 3. The Morgan fingerprint density at radius 1 is 1.35 bits per heavy atom. The lowest BCUT2D eigenvalue weighted by Crippen LogP contribution is -2.14. The molecule has 0 unspecified atom stereocenters. The van der Waals surface area contributed by atoms with Gasteiger partial charge in [-0.1, -0.05) is 36.2 Å². The first-order valence-electron chi connectivity index (χ1n) is 6.29. The highest BCUT2D eigenvalue weighted by atomic mass is 35.5. The van der Waals surface area contributed by atoms with Gasteiger partial charge in [-0.05, 0) is 31.0 Å². The topological polar surface area (TPSA) is 60.9 Å². The van der Waals surface area contributed by atoms with Crippen molar-refractivity contribution in [1.29, 1.82) is 0 Å². The Labute approximate surface area is 127 Å². The van der Waals surface area contributed by atoms with Crippen molar-refractivity contribution < 1.29 is 4.79 Å². The van der Waals surface area contributed by atoms with Crippen molar-refractivity contribution >= 4 is 34.9 Å². The number of rotatable bonds is 3. The van der Waals surface area contributed by atoms with Crippen LogP contribution in [0.5, 0.6) is 0 Å². The second-order valence-corrected chi connectivity index (χ2v) is 5.34. The summed E-state index contributed by atoms with van der Waals surface area (Å²) in [5.41, 5.74) is 8.26. The molecule has 0 aliphatic heterocycles. The summed E-state index contributed by atoms with van der Waals surface area (Å²) in [5.74, 6) is 0.221. The van der Waals surface area contributed by atoms with Crippen molar-refractivity contribution in [3.05, 3.63) is 33.9 Å². The molecule has 0 aliphatic carbocycles. The number of nitrogens with two attached hydrogens (primary N) is 1. The lowest BCUT2D eigenvalue weighted by atomic mass is 10.1. The lowest BCUT2D eigenvalue weighted by Gasteiger charge is -2.05. The zero-order valence-electron chi connectivity index (χ0n) is 11.3. The molecule has 4 nitrogen and oxygen atoms in total. The fourth-order valence-electron chi connectivity index (χ4n) is 2.06. The molecule has 0 saturated heterocycles. The highest BCUT2D eigenvalue weighted by Gasteiger charge is 2.18. The summed E-state index contributed by atoms with van der Waals surface area (Å²) in [6.07, 6.45) is 1.16. The molecule has 0 amide bonds. The van der Waals surface area contributed by atoms with Gasteiger partial charge in [-0.15, -0.1) is 0 Å². The molecule has 0 aliphatic rings. The standard InChI is InChI=1S/C14H15Cl2N3O/c1-3-4-12(20)19-14(17)13(8(2)18-19)9-5-6-10(15)11(16)7-9/h5-7H,3-4,17H2,1-2H3. The third kappa shape index (κ3) is 2.67. The zero-order valence-corrected chi connectivity index (χ0v) is 12.8. The van der Waals surface area contributed by atoms with Gasteiger partial charge < -0.3 is 5.73 Å². The Bertz CT molecular complexity index is 665. The van der Waals surface area contributed by atoms with E-state index in [4.69, 9.17) is 28.9 Å². The second-order valence-electron chi connectivity index (χ2n) is 4.53. The Morgan fingerprint density at radius 3 is 2.65 bits per heavy atom. The van der Waals surface area contributed by atoms with Crippen molar-refractivity contribution in [2.45, 2.75) is 26.7 Å². The number of aryl methyl sites for hydroxylation is 1. The fourth-order valence-corrected chi connectivity index (χ4v) is 2.36. The monoisotopic (exact) mass is 311 g/mol. The van der Waals surface area contributed by atoms with Crippen molar-refractivity contribution in [1.82, 2.24) is 9.78 Å². The zero-order chi connectivity index (χ0) is 14.9. The van der Waals surface area contributed by atoms with E-state index >= 15 is 0 Å². The van der Waals surface area contributed by atoms with Gasteiger partial charge in [0.2, 0.25) is 5.91 Å². The third-order valence-electron chi connectivity index (χ3n) is 3.00. The molecule has 0 spiro atoms. The molecule has 0 saturated carbocycles. The van der Waals surface area contributed by atoms with Gasteiger partial charge >= 0.3 is 0 Å². The lowest BCUT2D eigenvalue weighted by molar-refractivity contribution is 0.0888. The predicted molar refractivity (Wildman–Crippen MR) is 82.4 cm³/mol. The summed E-state index contributed by atoms with van der Waals surface area (Å²) < 4.78 is 1.26. The summed E-state index contributed by atoms with van der Waals surface area (Å²) in [6.45, 7) is 3.74. The molecular formula is C14H15Cl2N3O. The van der Waals surface area contributed by atoms with E-state index in [1.165, 1.54) is 4.68 Å². The summed E-state index contributed by atoms with van der Waals surface area (Å²) in [7, 11) is 0. The van der Waals surface area contributed by atoms with Crippen LogP contribution in [0, 0.1) is 6.92 Å². The largest absolute Gasteiger partial charge is 0.383 e. The van der Waals surface area contributed by atoms with E-state index in [1.54, 1.807) is 12.1 Å². The van der Waals surface area contributed by atoms with Crippen molar-refractivity contribution in [2.24, 2.45) is 0 Å². The van der Waals surface area contributed by atoms with Crippen molar-refractivity contribution in [3.8, 4) is 11.1 Å². The Hall–Kier alpha value is -1.52. The van der Waals surface area contributed by atoms with Crippen molar-refractivity contribution in [2.75, 3.05) is 5.73 Å². The number of benzene rings is 1. The Kier molecular flexibility index (Phi) is 4.35. The first kappa shape index (κ1) is 14.9. The van der Waals surface area contributed by atoms with Crippen LogP contribution in [0.3, 0.4) is 0 Å². The second kappa shape index (κ2) is 5.85. The van der Waals surface area contributed by atoms with E-state index < -0.39 is 0 Å². The van der Waals surface area contributed by atoms with Gasteiger partial charge in [-0.25, -0.2) is 0 Å². The van der Waals surface area contributed by atoms with Crippen LogP contribution in [0.25, 0.3) is 11.1 Å². The molecule has 2 aromatic rings. The smallest absolute Gasteiger partial charge is 0.248 e. The quantitative estimate of drug-likeness (QED) is 0.924. The SMILES string of the molecule is CCCC(=O)n1nc(C)c(-c2ccc(Cl)c(Cl)c2)c1N. The molecule has 2 N–H and O–H groups in total.